The van der Waals surface area contributed by atoms with Crippen molar-refractivity contribution in [3.8, 4) is 0 Å². The molecule has 0 unspecified atom stereocenters. The molecule has 17 heteroatoms. The van der Waals surface area contributed by atoms with Crippen LogP contribution in [0, 0.1) is 17.5 Å². The van der Waals surface area contributed by atoms with Gasteiger partial charge in [0.2, 0.25) is 0 Å². The van der Waals surface area contributed by atoms with Gasteiger partial charge in [0.1, 0.15) is 36.7 Å². The molecule has 2 aliphatic rings. The van der Waals surface area contributed by atoms with E-state index in [4.69, 9.17) is 19.9 Å². The maximum absolute atomic E-state index is 15.6. The van der Waals surface area contributed by atoms with Crippen LogP contribution in [0.2, 0.25) is 0 Å². The average molecular weight is 752 g/mol. The molecule has 1 saturated carbocycles. The number of imide groups is 1. The summed E-state index contributed by atoms with van der Waals surface area (Å²) >= 11 is 0. The number of anilines is 1. The Bertz CT molecular complexity index is 1650. The van der Waals surface area contributed by atoms with Crippen molar-refractivity contribution in [3.05, 3.63) is 95.1 Å². The molecule has 3 atom stereocenters. The predicted octanol–water partition coefficient (Wildman–Crippen LogP) is 5.65. The number of halogens is 6. The summed E-state index contributed by atoms with van der Waals surface area (Å²) in [5.41, 5.74) is 7.18. The number of nitrogens with one attached hydrogen (secondary N) is 2. The van der Waals surface area contributed by atoms with Crippen molar-refractivity contribution >= 4 is 23.8 Å². The fraction of sp³-hybridized carbons (Fsp3) is 0.444. The summed E-state index contributed by atoms with van der Waals surface area (Å²) in [5.74, 6) is -3.88. The minimum absolute atomic E-state index is 0.0181. The fourth-order valence-electron chi connectivity index (χ4n) is 6.30. The van der Waals surface area contributed by atoms with Crippen molar-refractivity contribution in [2.24, 2.45) is 5.73 Å². The van der Waals surface area contributed by atoms with Crippen molar-refractivity contribution in [1.29, 1.82) is 0 Å². The number of carbonyl (C=O) groups excluding carboxylic acids is 3. The number of nitrogens with two attached hydrogens (primary N) is 1. The van der Waals surface area contributed by atoms with E-state index in [0.717, 1.165) is 25.2 Å². The van der Waals surface area contributed by atoms with Crippen LogP contribution in [0.4, 0.5) is 41.6 Å². The Hall–Kier alpha value is -4.74. The van der Waals surface area contributed by atoms with Gasteiger partial charge in [-0.3, -0.25) is 9.78 Å². The number of alkyl halides is 3. The molecular formula is C36H39F6N5O6. The molecule has 3 amide bonds. The van der Waals surface area contributed by atoms with E-state index in [1.807, 2.05) is 0 Å². The molecule has 1 aromatic heterocycles. The first-order valence-electron chi connectivity index (χ1n) is 17.0. The summed E-state index contributed by atoms with van der Waals surface area (Å²) < 4.78 is 96.8. The van der Waals surface area contributed by atoms with E-state index in [1.165, 1.54) is 48.5 Å². The lowest BCUT2D eigenvalue weighted by atomic mass is 9.84. The largest absolute Gasteiger partial charge is 0.448 e. The van der Waals surface area contributed by atoms with E-state index in [-0.39, 0.29) is 43.9 Å². The van der Waals surface area contributed by atoms with Gasteiger partial charge in [0.15, 0.2) is 0 Å². The molecule has 4 N–H and O–H groups in total. The van der Waals surface area contributed by atoms with Crippen LogP contribution in [0.3, 0.4) is 0 Å². The molecule has 5 rings (SSSR count). The van der Waals surface area contributed by atoms with Crippen LogP contribution in [0.25, 0.3) is 0 Å². The maximum Gasteiger partial charge on any atom is 0.421 e. The quantitative estimate of drug-likeness (QED) is 0.200. The second-order valence-electron chi connectivity index (χ2n) is 12.9. The van der Waals surface area contributed by atoms with Crippen LogP contribution in [0.5, 0.6) is 0 Å². The number of rotatable bonds is 12. The molecule has 3 aromatic rings. The number of hydrogen-bond acceptors (Lipinski definition) is 9. The van der Waals surface area contributed by atoms with Crippen LogP contribution in [-0.4, -0.2) is 79.8 Å². The third-order valence-corrected chi connectivity index (χ3v) is 9.03. The lowest BCUT2D eigenvalue weighted by Gasteiger charge is -2.31. The smallest absolute Gasteiger partial charge is 0.421 e. The van der Waals surface area contributed by atoms with Crippen molar-refractivity contribution in [1.82, 2.24) is 15.6 Å². The molecule has 0 radical (unpaired) electrons. The standard InChI is InChI=1S/C36H39F6N5O6/c37-23-9-5-21(6-10-23)31(22-7-11-24(38)12-8-22)32(43)33(48)47(35(50)53-26-3-1-2-4-26)30-17-44-16-29(39)28(30)14-13-27-15-45-25(18-51-27)19-52-34(49)46-20-36(40,41)42/h5-12,16-17,25-27,31-32,45H,1-4,13-15,18-20,43H2,(H,46,49)/t25-,27+,32-/m0/s1. The summed E-state index contributed by atoms with van der Waals surface area (Å²) in [6.45, 7) is -1.58. The van der Waals surface area contributed by atoms with E-state index >= 15 is 4.39 Å². The minimum atomic E-state index is -4.59. The lowest BCUT2D eigenvalue weighted by molar-refractivity contribution is -0.124. The summed E-state index contributed by atoms with van der Waals surface area (Å²) in [4.78, 5) is 44.5. The predicted molar refractivity (Wildman–Crippen MR) is 178 cm³/mol. The van der Waals surface area contributed by atoms with E-state index in [2.05, 4.69) is 10.3 Å². The van der Waals surface area contributed by atoms with Crippen molar-refractivity contribution in [3.63, 3.8) is 0 Å². The first kappa shape index (κ1) is 39.5. The molecule has 2 heterocycles. The van der Waals surface area contributed by atoms with Gasteiger partial charge in [-0.05, 0) is 73.9 Å². The Morgan fingerprint density at radius 2 is 1.60 bits per heavy atom. The highest BCUT2D eigenvalue weighted by Gasteiger charge is 2.39. The van der Waals surface area contributed by atoms with E-state index < -0.39 is 78.5 Å². The SMILES string of the molecule is N[C@H](C(=O)N(C(=O)OC1CCCC1)c1cncc(F)c1CC[C@@H]1CN[C@H](COC(=O)NCC(F)(F)F)CO1)C(c1ccc(F)cc1)c1ccc(F)cc1. The number of hydrogen-bond donors (Lipinski definition) is 3. The second kappa shape index (κ2) is 17.9. The highest BCUT2D eigenvalue weighted by atomic mass is 19.4. The van der Waals surface area contributed by atoms with Gasteiger partial charge in [0, 0.05) is 18.0 Å². The normalized spacial score (nSPS) is 18.4. The lowest BCUT2D eigenvalue weighted by Crippen LogP contribution is -2.51. The van der Waals surface area contributed by atoms with Gasteiger partial charge in [-0.15, -0.1) is 0 Å². The number of nitrogens with zero attached hydrogens (tertiary/aromatic N) is 2. The van der Waals surface area contributed by atoms with E-state index in [1.54, 1.807) is 5.32 Å². The second-order valence-corrected chi connectivity index (χ2v) is 12.9. The number of benzene rings is 2. The Balaban J connectivity index is 1.34. The van der Waals surface area contributed by atoms with Crippen LogP contribution >= 0.6 is 0 Å². The van der Waals surface area contributed by atoms with Gasteiger partial charge in [-0.2, -0.15) is 13.2 Å². The number of amides is 3. The van der Waals surface area contributed by atoms with Crippen LogP contribution in [0.15, 0.2) is 60.9 Å². The Kier molecular flexibility index (Phi) is 13.3. The first-order valence-corrected chi connectivity index (χ1v) is 17.0. The molecule has 286 valence electrons. The average Bonchev–Trinajstić information content (AvgIpc) is 3.64. The molecule has 1 aliphatic carbocycles. The van der Waals surface area contributed by atoms with Gasteiger partial charge in [-0.1, -0.05) is 24.3 Å². The minimum Gasteiger partial charge on any atom is -0.448 e. The number of pyridine rings is 1. The molecule has 1 saturated heterocycles. The third-order valence-electron chi connectivity index (χ3n) is 9.03. The molecular weight excluding hydrogens is 712 g/mol. The number of carbonyl (C=O) groups is 3. The summed E-state index contributed by atoms with van der Waals surface area (Å²) in [7, 11) is 0. The summed E-state index contributed by atoms with van der Waals surface area (Å²) in [6, 6.07) is 8.34. The summed E-state index contributed by atoms with van der Waals surface area (Å²) in [5, 5.41) is 4.67. The fourth-order valence-corrected chi connectivity index (χ4v) is 6.30. The van der Waals surface area contributed by atoms with Crippen LogP contribution in [0.1, 0.15) is 54.7 Å². The Morgan fingerprint density at radius 3 is 2.17 bits per heavy atom. The van der Waals surface area contributed by atoms with Gasteiger partial charge < -0.3 is 30.6 Å². The Morgan fingerprint density at radius 1 is 0.981 bits per heavy atom. The molecule has 1 aliphatic heterocycles. The monoisotopic (exact) mass is 751 g/mol. The topological polar surface area (TPSA) is 145 Å². The molecule has 0 bridgehead atoms. The molecule has 11 nitrogen and oxygen atoms in total. The van der Waals surface area contributed by atoms with Crippen molar-refractivity contribution < 1.29 is 54.9 Å². The molecule has 53 heavy (non-hydrogen) atoms. The van der Waals surface area contributed by atoms with Crippen molar-refractivity contribution in [2.45, 2.75) is 74.9 Å². The van der Waals surface area contributed by atoms with Gasteiger partial charge in [-0.25, -0.2) is 27.7 Å². The highest BCUT2D eigenvalue weighted by Crippen LogP contribution is 2.33. The maximum atomic E-state index is 15.6. The van der Waals surface area contributed by atoms with Gasteiger partial charge in [0.25, 0.3) is 5.91 Å². The summed E-state index contributed by atoms with van der Waals surface area (Å²) in [6.07, 6.45) is -2.94. The molecule has 2 aromatic carbocycles. The van der Waals surface area contributed by atoms with Crippen molar-refractivity contribution in [2.75, 3.05) is 31.2 Å². The molecule has 2 fully saturated rings. The zero-order valence-corrected chi connectivity index (χ0v) is 28.4. The van der Waals surface area contributed by atoms with E-state index in [0.29, 0.717) is 28.9 Å². The third kappa shape index (κ3) is 10.9. The number of aromatic nitrogens is 1. The molecule has 0 spiro atoms. The van der Waals surface area contributed by atoms with Gasteiger partial charge >= 0.3 is 18.4 Å². The first-order chi connectivity index (χ1) is 25.3. The number of morpholine rings is 1. The van der Waals surface area contributed by atoms with Crippen LogP contribution in [-0.2, 0) is 25.4 Å². The van der Waals surface area contributed by atoms with Crippen LogP contribution < -0.4 is 21.3 Å². The zero-order chi connectivity index (χ0) is 38.1. The Labute approximate surface area is 301 Å². The van der Waals surface area contributed by atoms with E-state index in [9.17, 15) is 36.3 Å². The van der Waals surface area contributed by atoms with Gasteiger partial charge in [0.05, 0.1) is 42.9 Å². The number of ether oxygens (including phenoxy) is 3. The number of alkyl carbamates (subject to hydrolysis) is 1. The highest BCUT2D eigenvalue weighted by molar-refractivity contribution is 6.15. The zero-order valence-electron chi connectivity index (χ0n) is 28.4.